The van der Waals surface area contributed by atoms with Gasteiger partial charge in [-0.2, -0.15) is 0 Å². The van der Waals surface area contributed by atoms with Gasteiger partial charge in [-0.1, -0.05) is 23.8 Å². The highest BCUT2D eigenvalue weighted by Gasteiger charge is 2.46. The third-order valence-corrected chi connectivity index (χ3v) is 5.81. The molecule has 0 bridgehead atoms. The number of allylic oxidation sites excluding steroid dienone is 4. The maximum absolute atomic E-state index is 11.4. The van der Waals surface area contributed by atoms with Crippen molar-refractivity contribution in [1.29, 1.82) is 0 Å². The van der Waals surface area contributed by atoms with Crippen molar-refractivity contribution in [2.45, 2.75) is 64.3 Å². The van der Waals surface area contributed by atoms with Gasteiger partial charge < -0.3 is 19.3 Å². The lowest BCUT2D eigenvalue weighted by molar-refractivity contribution is -0.198. The number of ether oxygens (including phenoxy) is 3. The number of esters is 1. The van der Waals surface area contributed by atoms with Crippen LogP contribution in [0.25, 0.3) is 0 Å². The Bertz CT molecular complexity index is 520. The zero-order valence-corrected chi connectivity index (χ0v) is 15.8. The summed E-state index contributed by atoms with van der Waals surface area (Å²) in [6.07, 6.45) is 12.9. The Labute approximate surface area is 156 Å². The van der Waals surface area contributed by atoms with Crippen molar-refractivity contribution in [2.24, 2.45) is 17.8 Å². The first kappa shape index (κ1) is 19.6. The predicted molar refractivity (Wildman–Crippen MR) is 98.3 cm³/mol. The van der Waals surface area contributed by atoms with Gasteiger partial charge >= 0.3 is 5.97 Å². The van der Waals surface area contributed by atoms with E-state index in [1.165, 1.54) is 5.57 Å². The van der Waals surface area contributed by atoms with Crippen LogP contribution in [0.5, 0.6) is 0 Å². The second-order valence-electron chi connectivity index (χ2n) is 7.57. The number of hydrogen-bond acceptors (Lipinski definition) is 5. The van der Waals surface area contributed by atoms with E-state index in [0.717, 1.165) is 38.7 Å². The normalized spacial score (nSPS) is 34.1. The number of aliphatic hydroxyl groups is 1. The third kappa shape index (κ3) is 4.96. The van der Waals surface area contributed by atoms with Crippen LogP contribution in [0.2, 0.25) is 0 Å². The molecule has 26 heavy (non-hydrogen) atoms. The monoisotopic (exact) mass is 364 g/mol. The lowest BCUT2D eigenvalue weighted by atomic mass is 9.90. The van der Waals surface area contributed by atoms with Crippen molar-refractivity contribution in [1.82, 2.24) is 0 Å². The van der Waals surface area contributed by atoms with Gasteiger partial charge in [0.25, 0.3) is 0 Å². The number of carbonyl (C=O) groups excluding carboxylic acids is 1. The van der Waals surface area contributed by atoms with Gasteiger partial charge in [0, 0.05) is 25.6 Å². The van der Waals surface area contributed by atoms with Crippen molar-refractivity contribution in [3.05, 3.63) is 23.8 Å². The van der Waals surface area contributed by atoms with Crippen LogP contribution in [0.3, 0.4) is 0 Å². The average Bonchev–Trinajstić information content (AvgIpc) is 3.16. The van der Waals surface area contributed by atoms with Gasteiger partial charge in [0.1, 0.15) is 0 Å². The highest BCUT2D eigenvalue weighted by Crippen LogP contribution is 2.48. The first-order chi connectivity index (χ1) is 12.7. The predicted octanol–water partition coefficient (Wildman–Crippen LogP) is 3.37. The molecule has 0 aromatic rings. The van der Waals surface area contributed by atoms with Gasteiger partial charge in [0.15, 0.2) is 6.29 Å². The molecule has 5 heteroatoms. The van der Waals surface area contributed by atoms with E-state index in [9.17, 15) is 9.90 Å². The molecule has 5 nitrogen and oxygen atoms in total. The Kier molecular flexibility index (Phi) is 7.29. The van der Waals surface area contributed by atoms with Crippen LogP contribution >= 0.6 is 0 Å². The fourth-order valence-corrected chi connectivity index (χ4v) is 4.54. The van der Waals surface area contributed by atoms with Crippen molar-refractivity contribution in [3.8, 4) is 0 Å². The third-order valence-electron chi connectivity index (χ3n) is 5.81. The van der Waals surface area contributed by atoms with E-state index in [4.69, 9.17) is 14.2 Å². The van der Waals surface area contributed by atoms with E-state index in [2.05, 4.69) is 18.2 Å². The molecule has 1 aliphatic heterocycles. The number of fused-ring (bicyclic) bond motifs is 1. The molecular formula is C21H32O5. The van der Waals surface area contributed by atoms with E-state index >= 15 is 0 Å². The maximum Gasteiger partial charge on any atom is 0.306 e. The smallest absolute Gasteiger partial charge is 0.306 e. The van der Waals surface area contributed by atoms with E-state index in [1.807, 2.05) is 6.92 Å². The zero-order chi connectivity index (χ0) is 18.4. The Balaban J connectivity index is 1.48. The zero-order valence-electron chi connectivity index (χ0n) is 15.8. The molecule has 1 saturated carbocycles. The molecule has 1 N–H and O–H groups in total. The standard InChI is InChI=1S/C21H32O5/c1-2-24-20(23)8-4-3-7-15-11-16-13-19(18(14-22)17(16)12-15)26-21-9-5-6-10-25-21/h3,7,11,16-19,21-22H,2,4-6,8-10,12-14H2,1H3/t16-,17-,18+,19+,21?/m0/s1. The highest BCUT2D eigenvalue weighted by atomic mass is 16.7. The SMILES string of the molecule is CCOC(=O)CCC=CC1=C[C@H]2C[C@@H](OC3CCCCO3)[C@H](CO)[C@H]2C1. The largest absolute Gasteiger partial charge is 0.466 e. The first-order valence-corrected chi connectivity index (χ1v) is 10.1. The summed E-state index contributed by atoms with van der Waals surface area (Å²) in [6.45, 7) is 3.22. The first-order valence-electron chi connectivity index (χ1n) is 10.1. The summed E-state index contributed by atoms with van der Waals surface area (Å²) >= 11 is 0. The summed E-state index contributed by atoms with van der Waals surface area (Å²) in [5.41, 5.74) is 1.31. The molecule has 0 aromatic heterocycles. The summed E-state index contributed by atoms with van der Waals surface area (Å²) in [4.78, 5) is 11.4. The molecule has 0 spiro atoms. The summed E-state index contributed by atoms with van der Waals surface area (Å²) in [7, 11) is 0. The van der Waals surface area contributed by atoms with Crippen LogP contribution in [0.15, 0.2) is 23.8 Å². The van der Waals surface area contributed by atoms with Crippen molar-refractivity contribution in [2.75, 3.05) is 19.8 Å². The molecule has 1 unspecified atom stereocenters. The van der Waals surface area contributed by atoms with Gasteiger partial charge in [0.05, 0.1) is 12.7 Å². The van der Waals surface area contributed by atoms with Crippen LogP contribution in [0, 0.1) is 17.8 Å². The molecular weight excluding hydrogens is 332 g/mol. The van der Waals surface area contributed by atoms with Gasteiger partial charge in [-0.15, -0.1) is 0 Å². The van der Waals surface area contributed by atoms with E-state index in [1.54, 1.807) is 0 Å². The number of carbonyl (C=O) groups is 1. The molecule has 3 aliphatic rings. The summed E-state index contributed by atoms with van der Waals surface area (Å²) < 4.78 is 16.8. The van der Waals surface area contributed by atoms with E-state index in [-0.39, 0.29) is 30.9 Å². The minimum Gasteiger partial charge on any atom is -0.466 e. The Hall–Kier alpha value is -1.17. The van der Waals surface area contributed by atoms with Crippen LogP contribution in [-0.2, 0) is 19.0 Å². The quantitative estimate of drug-likeness (QED) is 0.669. The van der Waals surface area contributed by atoms with E-state index < -0.39 is 0 Å². The Morgan fingerprint density at radius 1 is 1.42 bits per heavy atom. The number of hydrogen-bond donors (Lipinski definition) is 1. The van der Waals surface area contributed by atoms with Gasteiger partial charge in [-0.05, 0) is 57.3 Å². The van der Waals surface area contributed by atoms with Crippen molar-refractivity contribution >= 4 is 5.97 Å². The Morgan fingerprint density at radius 3 is 3.04 bits per heavy atom. The van der Waals surface area contributed by atoms with Crippen LogP contribution in [0.4, 0.5) is 0 Å². The summed E-state index contributed by atoms with van der Waals surface area (Å²) in [5.74, 6) is 0.982. The molecule has 1 heterocycles. The fraction of sp³-hybridized carbons (Fsp3) is 0.762. The van der Waals surface area contributed by atoms with Crippen LogP contribution in [0.1, 0.15) is 51.9 Å². The molecule has 0 aromatic carbocycles. The second-order valence-corrected chi connectivity index (χ2v) is 7.57. The van der Waals surface area contributed by atoms with Gasteiger partial charge in [0.2, 0.25) is 0 Å². The molecule has 2 aliphatic carbocycles. The average molecular weight is 364 g/mol. The molecule has 5 atom stereocenters. The van der Waals surface area contributed by atoms with Gasteiger partial charge in [-0.25, -0.2) is 0 Å². The van der Waals surface area contributed by atoms with Gasteiger partial charge in [-0.3, -0.25) is 4.79 Å². The lowest BCUT2D eigenvalue weighted by Crippen LogP contribution is -2.32. The topological polar surface area (TPSA) is 65.0 Å². The van der Waals surface area contributed by atoms with E-state index in [0.29, 0.717) is 31.3 Å². The minimum atomic E-state index is -0.139. The van der Waals surface area contributed by atoms with Crippen LogP contribution < -0.4 is 0 Å². The van der Waals surface area contributed by atoms with Crippen molar-refractivity contribution < 1.29 is 24.1 Å². The maximum atomic E-state index is 11.4. The van der Waals surface area contributed by atoms with Crippen molar-refractivity contribution in [3.63, 3.8) is 0 Å². The lowest BCUT2D eigenvalue weighted by Gasteiger charge is -2.29. The summed E-state index contributed by atoms with van der Waals surface area (Å²) in [5, 5.41) is 9.91. The number of aliphatic hydroxyl groups excluding tert-OH is 1. The molecule has 3 rings (SSSR count). The van der Waals surface area contributed by atoms with Crippen LogP contribution in [-0.4, -0.2) is 43.3 Å². The highest BCUT2D eigenvalue weighted by molar-refractivity contribution is 5.69. The summed E-state index contributed by atoms with van der Waals surface area (Å²) in [6, 6.07) is 0. The second kappa shape index (κ2) is 9.67. The molecule has 2 fully saturated rings. The molecule has 0 amide bonds. The minimum absolute atomic E-state index is 0.0900. The molecule has 146 valence electrons. The molecule has 0 radical (unpaired) electrons. The molecule has 1 saturated heterocycles. The number of rotatable bonds is 8. The fourth-order valence-electron chi connectivity index (χ4n) is 4.54. The Morgan fingerprint density at radius 2 is 2.31 bits per heavy atom.